The molecule has 0 bridgehead atoms. The molecule has 0 aliphatic carbocycles. The molecule has 0 atom stereocenters. The molecular weight excluding hydrogens is 580 g/mol. The minimum atomic E-state index is 0.916. The molecule has 0 saturated carbocycles. The Balaban J connectivity index is 1.68. The molecule has 2 aromatic carbocycles. The summed E-state index contributed by atoms with van der Waals surface area (Å²) in [5, 5.41) is 1.93. The first-order chi connectivity index (χ1) is 15.2. The van der Waals surface area contributed by atoms with Crippen LogP contribution in [0.4, 0.5) is 0 Å². The van der Waals surface area contributed by atoms with E-state index in [9.17, 15) is 0 Å². The summed E-state index contributed by atoms with van der Waals surface area (Å²) in [5.74, 6) is 1.83. The van der Waals surface area contributed by atoms with Crippen molar-refractivity contribution in [2.24, 2.45) is 0 Å². The number of ether oxygens (including phenoxy) is 2. The van der Waals surface area contributed by atoms with E-state index in [1.54, 1.807) is 48.7 Å². The van der Waals surface area contributed by atoms with E-state index in [-0.39, 0.29) is 0 Å². The van der Waals surface area contributed by atoms with Crippen molar-refractivity contribution < 1.29 is 9.47 Å². The van der Waals surface area contributed by atoms with Gasteiger partial charge in [0.1, 0.15) is 11.5 Å². The first kappa shape index (κ1) is 23.3. The highest BCUT2D eigenvalue weighted by molar-refractivity contribution is 9.09. The molecule has 164 valence electrons. The molecule has 4 rings (SSSR count). The summed E-state index contributed by atoms with van der Waals surface area (Å²) in [6.45, 7) is 0. The van der Waals surface area contributed by atoms with Crippen LogP contribution in [0.5, 0.6) is 11.5 Å². The molecule has 0 aliphatic heterocycles. The SMILES string of the molecule is COc1ccc2sc(Sc3nc4c(CCCBr)c(OC)ccc4s3)nc2c1CCCBr. The minimum absolute atomic E-state index is 0.916. The summed E-state index contributed by atoms with van der Waals surface area (Å²) in [5.41, 5.74) is 4.48. The zero-order valence-electron chi connectivity index (χ0n) is 17.2. The summed E-state index contributed by atoms with van der Waals surface area (Å²) < 4.78 is 15.6. The first-order valence-electron chi connectivity index (χ1n) is 9.91. The lowest BCUT2D eigenvalue weighted by atomic mass is 10.1. The molecule has 0 N–H and O–H groups in total. The number of nitrogens with zero attached hydrogens (tertiary/aromatic N) is 2. The molecule has 2 heterocycles. The van der Waals surface area contributed by atoms with Crippen molar-refractivity contribution in [3.63, 3.8) is 0 Å². The Bertz CT molecular complexity index is 1100. The summed E-state index contributed by atoms with van der Waals surface area (Å²) in [6.07, 6.45) is 3.98. The maximum atomic E-state index is 5.60. The second-order valence-electron chi connectivity index (χ2n) is 6.83. The second kappa shape index (κ2) is 10.8. The predicted octanol–water partition coefficient (Wildman–Crippen LogP) is 7.73. The number of fused-ring (bicyclic) bond motifs is 2. The van der Waals surface area contributed by atoms with E-state index in [1.165, 1.54) is 20.5 Å². The first-order valence-corrected chi connectivity index (χ1v) is 14.6. The van der Waals surface area contributed by atoms with Gasteiger partial charge in [0.25, 0.3) is 0 Å². The van der Waals surface area contributed by atoms with Crippen LogP contribution in [0.1, 0.15) is 24.0 Å². The van der Waals surface area contributed by atoms with Gasteiger partial charge >= 0.3 is 0 Å². The maximum Gasteiger partial charge on any atom is 0.158 e. The third-order valence-corrected chi connectivity index (χ3v) is 9.23. The van der Waals surface area contributed by atoms with Gasteiger partial charge < -0.3 is 9.47 Å². The average molecular weight is 602 g/mol. The number of aromatic nitrogens is 2. The van der Waals surface area contributed by atoms with E-state index in [1.807, 2.05) is 0 Å². The van der Waals surface area contributed by atoms with Crippen LogP contribution in [0.15, 0.2) is 32.9 Å². The Morgan fingerprint density at radius 1 is 0.774 bits per heavy atom. The van der Waals surface area contributed by atoms with Gasteiger partial charge in [0.15, 0.2) is 8.68 Å². The van der Waals surface area contributed by atoms with E-state index in [0.717, 1.165) is 67.6 Å². The Hall–Kier alpha value is -0.870. The number of benzene rings is 2. The summed E-state index contributed by atoms with van der Waals surface area (Å²) in [4.78, 5) is 9.93. The topological polar surface area (TPSA) is 44.2 Å². The number of halogens is 2. The van der Waals surface area contributed by atoms with Gasteiger partial charge in [-0.05, 0) is 61.7 Å². The highest BCUT2D eigenvalue weighted by Crippen LogP contribution is 2.42. The summed E-state index contributed by atoms with van der Waals surface area (Å²) >= 11 is 12.1. The van der Waals surface area contributed by atoms with Crippen LogP contribution in [0.3, 0.4) is 0 Å². The van der Waals surface area contributed by atoms with Crippen molar-refractivity contribution in [3.8, 4) is 11.5 Å². The van der Waals surface area contributed by atoms with Gasteiger partial charge in [-0.1, -0.05) is 31.9 Å². The number of methoxy groups -OCH3 is 2. The molecule has 31 heavy (non-hydrogen) atoms. The van der Waals surface area contributed by atoms with Gasteiger partial charge in [0.2, 0.25) is 0 Å². The number of hydrogen-bond acceptors (Lipinski definition) is 7. The molecule has 0 amide bonds. The Morgan fingerprint density at radius 2 is 1.23 bits per heavy atom. The molecule has 0 spiro atoms. The van der Waals surface area contributed by atoms with E-state index in [0.29, 0.717) is 0 Å². The van der Waals surface area contributed by atoms with Gasteiger partial charge in [0, 0.05) is 21.8 Å². The molecule has 0 saturated heterocycles. The summed E-state index contributed by atoms with van der Waals surface area (Å²) in [6, 6.07) is 8.32. The van der Waals surface area contributed by atoms with Crippen molar-refractivity contribution in [2.75, 3.05) is 24.9 Å². The largest absolute Gasteiger partial charge is 0.496 e. The lowest BCUT2D eigenvalue weighted by molar-refractivity contribution is 0.410. The molecular formula is C22H22Br2N2O2S3. The number of hydrogen-bond donors (Lipinski definition) is 0. The Labute approximate surface area is 211 Å². The van der Waals surface area contributed by atoms with Gasteiger partial charge in [-0.25, -0.2) is 9.97 Å². The number of thiazole rings is 2. The minimum Gasteiger partial charge on any atom is -0.496 e. The highest BCUT2D eigenvalue weighted by Gasteiger charge is 2.17. The quantitative estimate of drug-likeness (QED) is 0.174. The number of rotatable bonds is 10. The van der Waals surface area contributed by atoms with Crippen molar-refractivity contribution in [3.05, 3.63) is 35.4 Å². The van der Waals surface area contributed by atoms with Crippen LogP contribution in [-0.2, 0) is 12.8 Å². The standard InChI is InChI=1S/C22H22Br2N2O2S3/c1-27-15-7-9-17-19(13(15)5-3-11-23)25-21(29-17)31-22-26-20-14(6-4-12-24)16(28-2)8-10-18(20)30-22/h7-10H,3-6,11-12H2,1-2H3. The fourth-order valence-corrected chi connectivity index (χ4v) is 7.47. The monoisotopic (exact) mass is 600 g/mol. The van der Waals surface area contributed by atoms with Crippen LogP contribution in [0, 0.1) is 0 Å². The van der Waals surface area contributed by atoms with Crippen molar-refractivity contribution in [2.45, 2.75) is 34.4 Å². The molecule has 9 heteroatoms. The molecule has 4 aromatic rings. The second-order valence-corrected chi connectivity index (χ2v) is 12.0. The normalized spacial score (nSPS) is 11.5. The highest BCUT2D eigenvalue weighted by atomic mass is 79.9. The van der Waals surface area contributed by atoms with Gasteiger partial charge in [0.05, 0.1) is 34.7 Å². The fraction of sp³-hybridized carbons (Fsp3) is 0.364. The van der Waals surface area contributed by atoms with E-state index in [2.05, 4.69) is 56.1 Å². The third-order valence-electron chi connectivity index (χ3n) is 4.94. The maximum absolute atomic E-state index is 5.60. The lowest BCUT2D eigenvalue weighted by Gasteiger charge is -2.08. The van der Waals surface area contributed by atoms with Crippen molar-refractivity contribution >= 4 is 86.7 Å². The van der Waals surface area contributed by atoms with Crippen LogP contribution in [0.25, 0.3) is 20.4 Å². The third kappa shape index (κ3) is 5.05. The Kier molecular flexibility index (Phi) is 8.14. The van der Waals surface area contributed by atoms with Crippen molar-refractivity contribution in [1.29, 1.82) is 0 Å². The number of alkyl halides is 2. The average Bonchev–Trinajstić information content (AvgIpc) is 3.38. The zero-order chi connectivity index (χ0) is 21.8. The smallest absolute Gasteiger partial charge is 0.158 e. The molecule has 2 aromatic heterocycles. The summed E-state index contributed by atoms with van der Waals surface area (Å²) in [7, 11) is 3.45. The molecule has 0 unspecified atom stereocenters. The van der Waals surface area contributed by atoms with Crippen LogP contribution in [0.2, 0.25) is 0 Å². The van der Waals surface area contributed by atoms with E-state index >= 15 is 0 Å². The van der Waals surface area contributed by atoms with Crippen molar-refractivity contribution in [1.82, 2.24) is 9.97 Å². The number of aryl methyl sites for hydroxylation is 2. The van der Waals surface area contributed by atoms with Crippen LogP contribution in [-0.4, -0.2) is 34.8 Å². The van der Waals surface area contributed by atoms with Crippen LogP contribution >= 0.6 is 66.3 Å². The lowest BCUT2D eigenvalue weighted by Crippen LogP contribution is -1.94. The molecule has 0 radical (unpaired) electrons. The molecule has 0 fully saturated rings. The van der Waals surface area contributed by atoms with Crippen LogP contribution < -0.4 is 9.47 Å². The zero-order valence-corrected chi connectivity index (χ0v) is 22.9. The van der Waals surface area contributed by atoms with Gasteiger partial charge in [-0.2, -0.15) is 0 Å². The molecule has 0 aliphatic rings. The van der Waals surface area contributed by atoms with Gasteiger partial charge in [-0.3, -0.25) is 0 Å². The van der Waals surface area contributed by atoms with Gasteiger partial charge in [-0.15, -0.1) is 22.7 Å². The molecule has 4 nitrogen and oxygen atoms in total. The van der Waals surface area contributed by atoms with E-state index < -0.39 is 0 Å². The fourth-order valence-electron chi connectivity index (χ4n) is 3.53. The predicted molar refractivity (Wildman–Crippen MR) is 141 cm³/mol. The van der Waals surface area contributed by atoms with E-state index in [4.69, 9.17) is 19.4 Å². The Morgan fingerprint density at radius 3 is 1.61 bits per heavy atom.